The highest BCUT2D eigenvalue weighted by molar-refractivity contribution is 5.94. The van der Waals surface area contributed by atoms with Crippen LogP contribution >= 0.6 is 0 Å². The highest BCUT2D eigenvalue weighted by Gasteiger charge is 2.47. The van der Waals surface area contributed by atoms with Crippen LogP contribution in [0.3, 0.4) is 0 Å². The first-order valence-corrected chi connectivity index (χ1v) is 51.1. The van der Waals surface area contributed by atoms with Crippen molar-refractivity contribution in [1.82, 2.24) is 140 Å². The van der Waals surface area contributed by atoms with E-state index in [0.717, 1.165) is 228 Å². The number of likely N-dealkylation sites (tertiary alicyclic amines) is 1. The van der Waals surface area contributed by atoms with Crippen LogP contribution in [0.4, 0.5) is 50.0 Å². The van der Waals surface area contributed by atoms with Crippen molar-refractivity contribution in [1.29, 1.82) is 0 Å². The number of aromatic nitrogens is 24. The van der Waals surface area contributed by atoms with Crippen LogP contribution in [0, 0.1) is 64.6 Å². The summed E-state index contributed by atoms with van der Waals surface area (Å²) in [7, 11) is 3.62. The molecule has 2 aliphatic heterocycles. The Balaban J connectivity index is 0.000000111. The molecule has 11 aliphatic rings. The smallest absolute Gasteiger partial charge is 0.317 e. The molecule has 9 aliphatic carbocycles. The van der Waals surface area contributed by atoms with Gasteiger partial charge in [0, 0.05) is 197 Å². The third-order valence-electron chi connectivity index (χ3n) is 30.1. The number of nitrogens with zero attached hydrogens (tertiary/aromatic N) is 21. The average Bonchev–Trinajstić information content (AvgIpc) is 1.15. The fraction of sp³-hybridized carbons (Fsp3) is 0.471. The predicted molar refractivity (Wildman–Crippen MR) is 537 cm³/mol. The Morgan fingerprint density at radius 1 is 0.432 bits per heavy atom. The first-order chi connectivity index (χ1) is 71.4. The number of rotatable bonds is 24. The molecule has 25 rings (SSSR count). The summed E-state index contributed by atoms with van der Waals surface area (Å²) in [6.07, 6.45) is 59.9. The first-order valence-electron chi connectivity index (χ1n) is 51.1. The van der Waals surface area contributed by atoms with E-state index in [1.807, 2.05) is 18.0 Å². The Morgan fingerprint density at radius 2 is 0.870 bits per heavy atom. The minimum Gasteiger partial charge on any atom is -0.501 e. The molecule has 0 spiro atoms. The molecular weight excluding hydrogens is 1870 g/mol. The lowest BCUT2D eigenvalue weighted by Crippen LogP contribution is -2.49. The van der Waals surface area contributed by atoms with Gasteiger partial charge < -0.3 is 71.5 Å². The molecule has 0 aromatic carbocycles. The van der Waals surface area contributed by atoms with E-state index in [4.69, 9.17) is 9.47 Å². The minimum atomic E-state index is -0.508. The number of methoxy groups -OCH3 is 1. The molecule has 42 heteroatoms. The van der Waals surface area contributed by atoms with Gasteiger partial charge in [0.1, 0.15) is 66.1 Å². The summed E-state index contributed by atoms with van der Waals surface area (Å²) in [6.45, 7) is 6.42. The Kier molecular flexibility index (Phi) is 31.0. The molecule has 10 fully saturated rings. The zero-order valence-electron chi connectivity index (χ0n) is 81.5. The van der Waals surface area contributed by atoms with Gasteiger partial charge in [-0.05, 0) is 191 Å². The van der Waals surface area contributed by atoms with Crippen LogP contribution in [0.15, 0.2) is 137 Å². The van der Waals surface area contributed by atoms with Crippen molar-refractivity contribution < 1.29 is 45.8 Å². The van der Waals surface area contributed by atoms with E-state index < -0.39 is 23.3 Å². The van der Waals surface area contributed by atoms with Gasteiger partial charge in [-0.2, -0.15) is 0 Å². The molecule has 8 saturated carbocycles. The third-order valence-corrected chi connectivity index (χ3v) is 30.1. The van der Waals surface area contributed by atoms with E-state index in [2.05, 4.69) is 163 Å². The molecule has 16 heterocycles. The molecule has 760 valence electrons. The number of halogens is 5. The van der Waals surface area contributed by atoms with Crippen molar-refractivity contribution in [2.45, 2.75) is 241 Å². The Bertz CT molecular complexity index is 6980. The highest BCUT2D eigenvalue weighted by atomic mass is 19.1. The van der Waals surface area contributed by atoms with Gasteiger partial charge >= 0.3 is 6.03 Å². The summed E-state index contributed by atoms with van der Waals surface area (Å²) in [5, 5.41) is 25.9. The zero-order valence-corrected chi connectivity index (χ0v) is 81.5. The molecule has 3 amide bonds. The van der Waals surface area contributed by atoms with Crippen LogP contribution in [-0.4, -0.2) is 224 Å². The number of ether oxygens (including phenoxy) is 2. The number of fused-ring (bicyclic) bond motifs is 8. The number of hydrogen-bond acceptors (Lipinski definition) is 30. The van der Waals surface area contributed by atoms with Crippen LogP contribution in [0.5, 0.6) is 0 Å². The summed E-state index contributed by atoms with van der Waals surface area (Å²) < 4.78 is 83.5. The van der Waals surface area contributed by atoms with Crippen LogP contribution in [0.1, 0.15) is 203 Å². The first kappa shape index (κ1) is 98.8. The molecule has 14 aromatic rings. The van der Waals surface area contributed by atoms with Gasteiger partial charge in [0.15, 0.2) is 81.5 Å². The molecule has 2 bridgehead atoms. The molecule has 11 atom stereocenters. The minimum absolute atomic E-state index is 0.00452. The molecule has 37 nitrogen and oxygen atoms in total. The average molecular weight is 1990 g/mol. The number of hydrogen-bond donors (Lipinski definition) is 11. The van der Waals surface area contributed by atoms with Gasteiger partial charge in [-0.3, -0.25) is 9.59 Å². The van der Waals surface area contributed by atoms with E-state index in [0.29, 0.717) is 137 Å². The number of aromatic amines is 4. The fourth-order valence-corrected chi connectivity index (χ4v) is 22.3. The van der Waals surface area contributed by atoms with Crippen LogP contribution in [0.2, 0.25) is 0 Å². The maximum Gasteiger partial charge on any atom is 0.317 e. The van der Waals surface area contributed by atoms with E-state index in [1.54, 1.807) is 62.9 Å². The number of Topliss-reactive ketones (excluding diaryl/α,β-unsaturated/α-hetero) is 1. The van der Waals surface area contributed by atoms with Crippen molar-refractivity contribution in [3.05, 3.63) is 189 Å². The second kappa shape index (κ2) is 45.8. The van der Waals surface area contributed by atoms with Crippen molar-refractivity contribution >= 4 is 90.7 Å². The lowest BCUT2D eigenvalue weighted by molar-refractivity contribution is -0.136. The van der Waals surface area contributed by atoms with Gasteiger partial charge in [0.2, 0.25) is 5.91 Å². The number of allylic oxidation sites excluding steroid dienone is 1. The van der Waals surface area contributed by atoms with E-state index in [9.17, 15) is 36.3 Å². The lowest BCUT2D eigenvalue weighted by Gasteiger charge is -2.49. The molecule has 14 aromatic heterocycles. The van der Waals surface area contributed by atoms with Crippen molar-refractivity contribution in [2.24, 2.45) is 35.5 Å². The summed E-state index contributed by atoms with van der Waals surface area (Å²) >= 11 is 0. The normalized spacial score (nSPS) is 23.1. The number of anilines is 4. The Hall–Kier alpha value is -14.6. The molecule has 2 saturated heterocycles. The van der Waals surface area contributed by atoms with Crippen molar-refractivity contribution in [3.8, 4) is 45.6 Å². The number of carbonyl (C=O) groups is 3. The number of carbonyl (C=O) groups excluding carboxylic acids is 3. The van der Waals surface area contributed by atoms with Gasteiger partial charge in [-0.25, -0.2) is 126 Å². The zero-order chi connectivity index (χ0) is 100. The molecule has 11 N–H and O–H groups in total. The quantitative estimate of drug-likeness (QED) is 0.0198. The van der Waals surface area contributed by atoms with Gasteiger partial charge in [0.25, 0.3) is 0 Å². The number of nitrogens with one attached hydrogen (secondary N) is 11. The van der Waals surface area contributed by atoms with E-state index >= 15 is 0 Å². The van der Waals surface area contributed by atoms with Crippen LogP contribution in [0.25, 0.3) is 95.3 Å². The monoisotopic (exact) mass is 1990 g/mol. The van der Waals surface area contributed by atoms with Crippen molar-refractivity contribution in [3.63, 3.8) is 0 Å². The number of amides is 3. The molecule has 146 heavy (non-hydrogen) atoms. The summed E-state index contributed by atoms with van der Waals surface area (Å²) in [5.74, 6) is 4.23. The Morgan fingerprint density at radius 3 is 1.37 bits per heavy atom. The largest absolute Gasteiger partial charge is 0.501 e. The number of urea groups is 1. The summed E-state index contributed by atoms with van der Waals surface area (Å²) in [6, 6.07) is 0.912. The second-order valence-corrected chi connectivity index (χ2v) is 39.7. The maximum atomic E-state index is 14.7. The maximum absolute atomic E-state index is 14.7. The fourth-order valence-electron chi connectivity index (χ4n) is 22.3. The van der Waals surface area contributed by atoms with Gasteiger partial charge in [-0.15, -0.1) is 0 Å². The van der Waals surface area contributed by atoms with Gasteiger partial charge in [-0.1, -0.05) is 31.9 Å². The number of ketones is 1. The van der Waals surface area contributed by atoms with Crippen LogP contribution in [-0.2, 0) is 31.9 Å². The highest BCUT2D eigenvalue weighted by Crippen LogP contribution is 2.50. The predicted octanol–water partition coefficient (Wildman–Crippen LogP) is 16.6. The van der Waals surface area contributed by atoms with Crippen molar-refractivity contribution in [2.75, 3.05) is 55.1 Å². The van der Waals surface area contributed by atoms with E-state index in [1.165, 1.54) is 75.5 Å². The standard InChI is InChI=1S/C22H26FN7O2.C22H26FN7O.C22H24FN5O.C21H23FN6O.C17H20FN7/c23-17-11-26-20(16-10-25-19-15(16)9-24-12-27-19)30-21(17)28-13-4-3-5-14(8-13)29-22(31)18-6-1-2-7-32-18;23-18-12-25-20(16-6-7-19-17(16)11-24-13-26-19)29-21(18)27-14-4-3-5-15(10-14)28-22(31)30-8-1-2-9-30;23-18-11-26-22(17-10-25-21-16(17)9-24-12-27-21)28-19(18)7-13-2-1-3-14(6-13)8-20(29)15-4-5-15;1-11(29-2)17-12-3-5-13(6-4-12)18(17)27-21-16(22)9-25-20(28-21)15-8-24-19-14(15)7-23-10-26-19;1-19-10-3-2-4-11(5-10)24-17-14(18)8-22-16(25-17)13-7-21-15-12(13)6-20-9-23-15/h9-14,18H,1-8H2,(H,29,31)(H,24,25,27)(H,26,28,30);6,11-15H,1-5,7-10H2,(H,28,31)(H,25,27,29);9-15H,1-8H2,(H,24,25,27);7-10,12-13,17-18H,1,3-6H2,2H3,(H,23,24,26)(H,25,27,28);6-11,19H,2-5H2,1H3,(H,20,21,23)(H,22,24,25)/t13-,14+,18?;14-,15+;13-,14+;12?,13?,17-,18-;10-,11+/m11100/s1. The molecule has 1 unspecified atom stereocenters. The summed E-state index contributed by atoms with van der Waals surface area (Å²) in [4.78, 5) is 136. The third kappa shape index (κ3) is 23.3. The topological polar surface area (TPSA) is 478 Å². The second-order valence-electron chi connectivity index (χ2n) is 39.7. The van der Waals surface area contributed by atoms with E-state index in [-0.39, 0.29) is 89.3 Å². The number of H-pyrrole nitrogens is 4. The Labute approximate surface area is 838 Å². The van der Waals surface area contributed by atoms with Gasteiger partial charge in [0.05, 0.1) is 55.2 Å². The van der Waals surface area contributed by atoms with Crippen LogP contribution < -0.4 is 37.2 Å². The molecular formula is C104H119F5N32O5. The molecule has 0 radical (unpaired) electrons. The lowest BCUT2D eigenvalue weighted by atomic mass is 9.61. The SMILES string of the molecule is C=C(OC)[C@H]1C2CCC(CC2)[C@@H]1Nc1nc(-c2c[nH]c3ncncc23)ncc1F.CN[C@H]1CCC[C@@H](Nc2nc(-c3c[nH]c4ncncc34)ncc2F)C1.O=C(C[C@H]1CCC[C@@H](Cc2nc(-c3c[nH]c4ncncc34)ncc2F)C1)C1CC1.O=C(N[C@H]1CCC[C@@H](Nc2nc(-c3c[nH]c4ncncc34)ncc2F)C1)C1CCCCO1.O=C(N[C@H]1CCC[C@@H](Nc2nc(C3=CCc4ncncc43)ncc2F)C1)N1CCCC1. The summed E-state index contributed by atoms with van der Waals surface area (Å²) in [5.41, 5.74) is 8.88.